The van der Waals surface area contributed by atoms with Crippen LogP contribution in [0.4, 0.5) is 0 Å². The second-order valence-corrected chi connectivity index (χ2v) is 6.60. The molecule has 1 atom stereocenters. The average Bonchev–Trinajstić information content (AvgIpc) is 2.78. The molecule has 0 fully saturated rings. The number of nitrogens with one attached hydrogen (secondary N) is 1. The summed E-state index contributed by atoms with van der Waals surface area (Å²) in [5.74, 6) is 1.48. The molecule has 1 unspecified atom stereocenters. The summed E-state index contributed by atoms with van der Waals surface area (Å²) in [6.45, 7) is 1.91. The van der Waals surface area contributed by atoms with Gasteiger partial charge in [0.05, 0.1) is 27.4 Å². The van der Waals surface area contributed by atoms with Crippen LogP contribution in [0.25, 0.3) is 11.1 Å². The Balaban J connectivity index is 1.77. The quantitative estimate of drug-likeness (QED) is 0.624. The molecule has 1 amide bonds. The molecule has 0 aliphatic carbocycles. The maximum Gasteiger partial charge on any atom is 0.251 e. The number of carbonyl (C=O) groups is 1. The van der Waals surface area contributed by atoms with Crippen LogP contribution < -0.4 is 19.5 Å². The van der Waals surface area contributed by atoms with E-state index in [1.165, 1.54) is 0 Å². The number of rotatable bonds is 7. The minimum atomic E-state index is -0.245. The van der Waals surface area contributed by atoms with E-state index in [2.05, 4.69) is 5.32 Å². The average molecular weight is 391 g/mol. The normalized spacial score (nSPS) is 11.4. The fraction of sp³-hybridized carbons (Fsp3) is 0.208. The highest BCUT2D eigenvalue weighted by molar-refractivity contribution is 5.95. The van der Waals surface area contributed by atoms with Gasteiger partial charge in [0.1, 0.15) is 0 Å². The SMILES string of the molecule is COc1cc(C(C)NC(=O)c2ccc(-c3ccccc3)cc2)cc(OC)c1OC. The monoisotopic (exact) mass is 391 g/mol. The Bertz CT molecular complexity index is 943. The van der Waals surface area contributed by atoms with Crippen molar-refractivity contribution in [2.75, 3.05) is 21.3 Å². The number of hydrogen-bond acceptors (Lipinski definition) is 4. The van der Waals surface area contributed by atoms with Gasteiger partial charge in [-0.05, 0) is 47.9 Å². The summed E-state index contributed by atoms with van der Waals surface area (Å²) in [6.07, 6.45) is 0. The summed E-state index contributed by atoms with van der Waals surface area (Å²) >= 11 is 0. The van der Waals surface area contributed by atoms with Crippen LogP contribution in [-0.4, -0.2) is 27.2 Å². The van der Waals surface area contributed by atoms with Crippen molar-refractivity contribution in [1.82, 2.24) is 5.32 Å². The Morgan fingerprint density at radius 1 is 0.793 bits per heavy atom. The topological polar surface area (TPSA) is 56.8 Å². The zero-order valence-corrected chi connectivity index (χ0v) is 17.1. The zero-order chi connectivity index (χ0) is 20.8. The third-order valence-corrected chi connectivity index (χ3v) is 4.79. The van der Waals surface area contributed by atoms with Crippen molar-refractivity contribution in [1.29, 1.82) is 0 Å². The van der Waals surface area contributed by atoms with Crippen LogP contribution in [0, 0.1) is 0 Å². The van der Waals surface area contributed by atoms with Gasteiger partial charge >= 0.3 is 0 Å². The van der Waals surface area contributed by atoms with Gasteiger partial charge in [0.15, 0.2) is 11.5 Å². The predicted octanol–water partition coefficient (Wildman–Crippen LogP) is 4.87. The van der Waals surface area contributed by atoms with Crippen molar-refractivity contribution in [2.45, 2.75) is 13.0 Å². The summed E-state index contributed by atoms with van der Waals surface area (Å²) < 4.78 is 16.1. The van der Waals surface area contributed by atoms with Crippen LogP contribution in [0.2, 0.25) is 0 Å². The van der Waals surface area contributed by atoms with E-state index >= 15 is 0 Å². The molecule has 150 valence electrons. The summed E-state index contributed by atoms with van der Waals surface area (Å²) in [5.41, 5.74) is 3.64. The van der Waals surface area contributed by atoms with E-state index in [1.807, 2.05) is 73.7 Å². The lowest BCUT2D eigenvalue weighted by Gasteiger charge is -2.19. The molecular formula is C24H25NO4. The third kappa shape index (κ3) is 4.51. The largest absolute Gasteiger partial charge is 0.493 e. The first-order chi connectivity index (χ1) is 14.1. The minimum absolute atomic E-state index is 0.147. The van der Waals surface area contributed by atoms with Gasteiger partial charge in [-0.1, -0.05) is 42.5 Å². The highest BCUT2D eigenvalue weighted by Crippen LogP contribution is 2.39. The Hall–Kier alpha value is -3.47. The molecule has 3 aromatic carbocycles. The highest BCUT2D eigenvalue weighted by atomic mass is 16.5. The maximum atomic E-state index is 12.7. The van der Waals surface area contributed by atoms with Gasteiger partial charge in [0.25, 0.3) is 5.91 Å². The first kappa shape index (κ1) is 20.3. The van der Waals surface area contributed by atoms with E-state index in [0.29, 0.717) is 22.8 Å². The molecule has 1 N–H and O–H groups in total. The minimum Gasteiger partial charge on any atom is -0.493 e. The van der Waals surface area contributed by atoms with Gasteiger partial charge in [0, 0.05) is 5.56 Å². The Morgan fingerprint density at radius 2 is 1.34 bits per heavy atom. The van der Waals surface area contributed by atoms with Gasteiger partial charge in [-0.3, -0.25) is 4.79 Å². The van der Waals surface area contributed by atoms with Gasteiger partial charge in [-0.25, -0.2) is 0 Å². The standard InChI is InChI=1S/C24H25NO4/c1-16(20-14-21(27-2)23(29-4)22(15-20)28-3)25-24(26)19-12-10-18(11-13-19)17-8-6-5-7-9-17/h5-16H,1-4H3,(H,25,26). The lowest BCUT2D eigenvalue weighted by atomic mass is 10.0. The molecule has 0 saturated carbocycles. The Morgan fingerprint density at radius 3 is 1.86 bits per heavy atom. The van der Waals surface area contributed by atoms with Crippen molar-refractivity contribution in [2.24, 2.45) is 0 Å². The van der Waals surface area contributed by atoms with Crippen LogP contribution in [0.1, 0.15) is 28.9 Å². The van der Waals surface area contributed by atoms with Crippen molar-refractivity contribution in [3.63, 3.8) is 0 Å². The van der Waals surface area contributed by atoms with Crippen LogP contribution >= 0.6 is 0 Å². The number of hydrogen-bond donors (Lipinski definition) is 1. The van der Waals surface area contributed by atoms with Crippen LogP contribution in [0.3, 0.4) is 0 Å². The van der Waals surface area contributed by atoms with E-state index in [4.69, 9.17) is 14.2 Å². The van der Waals surface area contributed by atoms with Crippen molar-refractivity contribution < 1.29 is 19.0 Å². The fourth-order valence-electron chi connectivity index (χ4n) is 3.16. The van der Waals surface area contributed by atoms with Crippen molar-refractivity contribution in [3.05, 3.63) is 77.9 Å². The Labute approximate surface area is 171 Å². The molecule has 5 nitrogen and oxygen atoms in total. The second kappa shape index (κ2) is 9.15. The van der Waals surface area contributed by atoms with Gasteiger partial charge in [-0.2, -0.15) is 0 Å². The molecule has 0 spiro atoms. The fourth-order valence-corrected chi connectivity index (χ4v) is 3.16. The molecule has 0 saturated heterocycles. The molecule has 0 bridgehead atoms. The molecule has 3 aromatic rings. The van der Waals surface area contributed by atoms with Gasteiger partial charge in [-0.15, -0.1) is 0 Å². The number of ether oxygens (including phenoxy) is 3. The summed E-state index contributed by atoms with van der Waals surface area (Å²) in [5, 5.41) is 3.02. The molecule has 3 rings (SSSR count). The molecule has 0 aliphatic rings. The van der Waals surface area contributed by atoms with Crippen LogP contribution in [0.5, 0.6) is 17.2 Å². The third-order valence-electron chi connectivity index (χ3n) is 4.79. The van der Waals surface area contributed by atoms with Gasteiger partial charge < -0.3 is 19.5 Å². The molecule has 0 aromatic heterocycles. The van der Waals surface area contributed by atoms with Gasteiger partial charge in [0.2, 0.25) is 5.75 Å². The summed E-state index contributed by atoms with van der Waals surface area (Å²) in [4.78, 5) is 12.7. The first-order valence-electron chi connectivity index (χ1n) is 9.33. The summed E-state index contributed by atoms with van der Waals surface area (Å²) in [6, 6.07) is 21.1. The van der Waals surface area contributed by atoms with E-state index in [0.717, 1.165) is 16.7 Å². The summed E-state index contributed by atoms with van der Waals surface area (Å²) in [7, 11) is 4.70. The van der Waals surface area contributed by atoms with Crippen molar-refractivity contribution in [3.8, 4) is 28.4 Å². The second-order valence-electron chi connectivity index (χ2n) is 6.60. The molecular weight excluding hydrogens is 366 g/mol. The zero-order valence-electron chi connectivity index (χ0n) is 17.1. The van der Waals surface area contributed by atoms with Crippen LogP contribution in [-0.2, 0) is 0 Å². The molecule has 0 aliphatic heterocycles. The van der Waals surface area contributed by atoms with E-state index in [1.54, 1.807) is 21.3 Å². The van der Waals surface area contributed by atoms with Crippen molar-refractivity contribution >= 4 is 5.91 Å². The van der Waals surface area contributed by atoms with E-state index in [9.17, 15) is 4.79 Å². The van der Waals surface area contributed by atoms with Crippen LogP contribution in [0.15, 0.2) is 66.7 Å². The smallest absolute Gasteiger partial charge is 0.251 e. The first-order valence-corrected chi connectivity index (χ1v) is 9.33. The van der Waals surface area contributed by atoms with E-state index < -0.39 is 0 Å². The number of amides is 1. The Kier molecular flexibility index (Phi) is 6.39. The lowest BCUT2D eigenvalue weighted by molar-refractivity contribution is 0.0939. The molecule has 0 radical (unpaired) electrons. The highest BCUT2D eigenvalue weighted by Gasteiger charge is 2.18. The molecule has 29 heavy (non-hydrogen) atoms. The number of benzene rings is 3. The number of carbonyl (C=O) groups excluding carboxylic acids is 1. The lowest BCUT2D eigenvalue weighted by Crippen LogP contribution is -2.26. The van der Waals surface area contributed by atoms with E-state index in [-0.39, 0.29) is 11.9 Å². The predicted molar refractivity (Wildman–Crippen MR) is 114 cm³/mol. The molecule has 5 heteroatoms. The number of methoxy groups -OCH3 is 3. The maximum absolute atomic E-state index is 12.7. The molecule has 0 heterocycles.